The zero-order valence-corrected chi connectivity index (χ0v) is 22.9. The molecule has 0 aliphatic rings. The molecule has 0 heterocycles. The van der Waals surface area contributed by atoms with Gasteiger partial charge in [-0.3, -0.25) is 4.55 Å². The third-order valence-electron chi connectivity index (χ3n) is 6.49. The zero-order chi connectivity index (χ0) is 24.5. The smallest absolute Gasteiger partial charge is 0.264 e. The summed E-state index contributed by atoms with van der Waals surface area (Å²) in [7, 11) is -4.36. The number of unbranched alkanes of at least 4 members (excludes halogenated alkanes) is 19. The summed E-state index contributed by atoms with van der Waals surface area (Å²) < 4.78 is 35.5. The Morgan fingerprint density at radius 3 is 1.45 bits per heavy atom. The van der Waals surface area contributed by atoms with E-state index in [2.05, 4.69) is 30.2 Å². The van der Waals surface area contributed by atoms with E-state index < -0.39 is 10.4 Å². The van der Waals surface area contributed by atoms with Crippen LogP contribution in [-0.2, 0) is 14.6 Å². The molecule has 0 saturated carbocycles. The lowest BCUT2D eigenvalue weighted by atomic mass is 9.99. The van der Waals surface area contributed by atoms with Crippen molar-refractivity contribution in [3.63, 3.8) is 0 Å². The van der Waals surface area contributed by atoms with E-state index in [4.69, 9.17) is 4.55 Å². The highest BCUT2D eigenvalue weighted by molar-refractivity contribution is 7.80. The van der Waals surface area contributed by atoms with E-state index in [1.807, 2.05) is 0 Å². The maximum absolute atomic E-state index is 10.9. The minimum Gasteiger partial charge on any atom is -0.264 e. The van der Waals surface area contributed by atoms with Crippen molar-refractivity contribution in [2.75, 3.05) is 6.61 Å². The molecular weight excluding hydrogens is 432 g/mol. The number of rotatable bonds is 26. The highest BCUT2D eigenvalue weighted by Gasteiger charge is 2.11. The molecule has 0 rings (SSSR count). The molecule has 0 amide bonds. The minimum atomic E-state index is -4.36. The summed E-state index contributed by atoms with van der Waals surface area (Å²) in [6.45, 7) is 4.55. The van der Waals surface area contributed by atoms with Gasteiger partial charge in [-0.05, 0) is 19.3 Å². The molecule has 0 aromatic heterocycles. The Hall–Kier alpha value is -0.390. The molecule has 1 atom stereocenters. The molecule has 0 fully saturated rings. The third-order valence-corrected chi connectivity index (χ3v) is 6.93. The molecule has 0 aliphatic carbocycles. The summed E-state index contributed by atoms with van der Waals surface area (Å²) in [6, 6.07) is 0. The van der Waals surface area contributed by atoms with Crippen LogP contribution in [0.15, 0.2) is 12.2 Å². The van der Waals surface area contributed by atoms with Crippen molar-refractivity contribution < 1.29 is 17.2 Å². The molecule has 0 saturated heterocycles. The average Bonchev–Trinajstić information content (AvgIpc) is 2.78. The van der Waals surface area contributed by atoms with Crippen LogP contribution in [-0.4, -0.2) is 19.6 Å². The predicted molar refractivity (Wildman–Crippen MR) is 143 cm³/mol. The van der Waals surface area contributed by atoms with Crippen molar-refractivity contribution in [1.29, 1.82) is 0 Å². The fourth-order valence-electron chi connectivity index (χ4n) is 4.34. The van der Waals surface area contributed by atoms with Crippen LogP contribution in [0.1, 0.15) is 155 Å². The molecule has 1 N–H and O–H groups in total. The molecule has 0 radical (unpaired) electrons. The molecule has 5 heteroatoms. The second-order valence-corrected chi connectivity index (χ2v) is 10.9. The standard InChI is InChI=1S/C28H56O4S/c1-3-5-7-9-11-13-14-15-16-17-18-20-22-24-26-28(27-32-33(29,30)31)25-23-21-19-12-10-8-6-4-2/h23,25,28H,3-22,24,26-27H2,1-2H3,(H,29,30,31)/b25-23+. The predicted octanol–water partition coefficient (Wildman–Crippen LogP) is 9.60. The molecular formula is C28H56O4S. The summed E-state index contributed by atoms with van der Waals surface area (Å²) in [5, 5.41) is 0. The summed E-state index contributed by atoms with van der Waals surface area (Å²) in [6.07, 6.45) is 32.5. The summed E-state index contributed by atoms with van der Waals surface area (Å²) in [5.74, 6) is 0.0596. The minimum absolute atomic E-state index is 0.0459. The first-order valence-corrected chi connectivity index (χ1v) is 15.6. The summed E-state index contributed by atoms with van der Waals surface area (Å²) in [5.41, 5.74) is 0. The average molecular weight is 489 g/mol. The van der Waals surface area contributed by atoms with Crippen molar-refractivity contribution in [3.8, 4) is 0 Å². The molecule has 198 valence electrons. The van der Waals surface area contributed by atoms with E-state index in [1.165, 1.54) is 122 Å². The van der Waals surface area contributed by atoms with Gasteiger partial charge < -0.3 is 0 Å². The Kier molecular flexibility index (Phi) is 24.4. The molecule has 1 unspecified atom stereocenters. The van der Waals surface area contributed by atoms with Crippen LogP contribution in [0.3, 0.4) is 0 Å². The topological polar surface area (TPSA) is 63.6 Å². The summed E-state index contributed by atoms with van der Waals surface area (Å²) >= 11 is 0. The fraction of sp³-hybridized carbons (Fsp3) is 0.929. The van der Waals surface area contributed by atoms with Gasteiger partial charge in [0.1, 0.15) is 0 Å². The molecule has 0 spiro atoms. The lowest BCUT2D eigenvalue weighted by Gasteiger charge is -2.12. The Labute approximate surface area is 207 Å². The van der Waals surface area contributed by atoms with Crippen molar-refractivity contribution in [2.24, 2.45) is 5.92 Å². The van der Waals surface area contributed by atoms with Crippen LogP contribution in [0, 0.1) is 5.92 Å². The van der Waals surface area contributed by atoms with Crippen LogP contribution in [0.5, 0.6) is 0 Å². The highest BCUT2D eigenvalue weighted by atomic mass is 32.3. The van der Waals surface area contributed by atoms with Gasteiger partial charge in [0.15, 0.2) is 0 Å². The third kappa shape index (κ3) is 27.7. The monoisotopic (exact) mass is 488 g/mol. The second kappa shape index (κ2) is 24.7. The van der Waals surface area contributed by atoms with Crippen LogP contribution in [0.25, 0.3) is 0 Å². The second-order valence-electron chi connectivity index (χ2n) is 9.84. The van der Waals surface area contributed by atoms with Crippen LogP contribution >= 0.6 is 0 Å². The van der Waals surface area contributed by atoms with Crippen molar-refractivity contribution in [1.82, 2.24) is 0 Å². The van der Waals surface area contributed by atoms with Gasteiger partial charge >= 0.3 is 10.4 Å². The normalized spacial score (nSPS) is 13.2. The van der Waals surface area contributed by atoms with Crippen molar-refractivity contribution >= 4 is 10.4 Å². The van der Waals surface area contributed by atoms with Crippen LogP contribution < -0.4 is 0 Å². The van der Waals surface area contributed by atoms with Crippen LogP contribution in [0.2, 0.25) is 0 Å². The van der Waals surface area contributed by atoms with Gasteiger partial charge in [0, 0.05) is 5.92 Å². The Morgan fingerprint density at radius 2 is 1.03 bits per heavy atom. The molecule has 0 bridgehead atoms. The van der Waals surface area contributed by atoms with Crippen molar-refractivity contribution in [2.45, 2.75) is 155 Å². The van der Waals surface area contributed by atoms with E-state index >= 15 is 0 Å². The van der Waals surface area contributed by atoms with Gasteiger partial charge in [-0.1, -0.05) is 148 Å². The van der Waals surface area contributed by atoms with Crippen molar-refractivity contribution in [3.05, 3.63) is 12.2 Å². The first kappa shape index (κ1) is 32.6. The highest BCUT2D eigenvalue weighted by Crippen LogP contribution is 2.17. The molecule has 0 aromatic rings. The number of hydrogen-bond acceptors (Lipinski definition) is 3. The largest absolute Gasteiger partial charge is 0.397 e. The van der Waals surface area contributed by atoms with E-state index in [-0.39, 0.29) is 12.5 Å². The van der Waals surface area contributed by atoms with E-state index in [9.17, 15) is 8.42 Å². The summed E-state index contributed by atoms with van der Waals surface area (Å²) in [4.78, 5) is 0. The maximum atomic E-state index is 10.9. The Bertz CT molecular complexity index is 516. The van der Waals surface area contributed by atoms with E-state index in [0.29, 0.717) is 0 Å². The Balaban J connectivity index is 3.79. The number of hydrogen-bond donors (Lipinski definition) is 1. The van der Waals surface area contributed by atoms with E-state index in [1.54, 1.807) is 0 Å². The molecule has 0 aromatic carbocycles. The Morgan fingerprint density at radius 1 is 0.636 bits per heavy atom. The van der Waals surface area contributed by atoms with E-state index in [0.717, 1.165) is 19.3 Å². The lowest BCUT2D eigenvalue weighted by molar-refractivity contribution is 0.234. The SMILES string of the molecule is CCCCCCCC/C=C/C(CCCCCCCCCCCCCCCC)COS(=O)(=O)O. The maximum Gasteiger partial charge on any atom is 0.397 e. The van der Waals surface area contributed by atoms with Gasteiger partial charge in [-0.15, -0.1) is 0 Å². The van der Waals surface area contributed by atoms with Gasteiger partial charge in [0.2, 0.25) is 0 Å². The van der Waals surface area contributed by atoms with Gasteiger partial charge in [-0.2, -0.15) is 8.42 Å². The molecule has 33 heavy (non-hydrogen) atoms. The fourth-order valence-corrected chi connectivity index (χ4v) is 4.69. The first-order chi connectivity index (χ1) is 16.0. The van der Waals surface area contributed by atoms with Gasteiger partial charge in [0.05, 0.1) is 6.61 Å². The lowest BCUT2D eigenvalue weighted by Crippen LogP contribution is -2.12. The molecule has 4 nitrogen and oxygen atoms in total. The number of allylic oxidation sites excluding steroid dienone is 1. The van der Waals surface area contributed by atoms with Gasteiger partial charge in [0.25, 0.3) is 0 Å². The first-order valence-electron chi connectivity index (χ1n) is 14.3. The van der Waals surface area contributed by atoms with Crippen LogP contribution in [0.4, 0.5) is 0 Å². The molecule has 0 aliphatic heterocycles. The quantitative estimate of drug-likeness (QED) is 0.0747. The zero-order valence-electron chi connectivity index (χ0n) is 22.1. The van der Waals surface area contributed by atoms with Gasteiger partial charge in [-0.25, -0.2) is 4.18 Å².